The van der Waals surface area contributed by atoms with Gasteiger partial charge in [0.15, 0.2) is 5.78 Å². The van der Waals surface area contributed by atoms with Gasteiger partial charge in [-0.05, 0) is 49.4 Å². The lowest BCUT2D eigenvalue weighted by molar-refractivity contribution is 0.101. The highest BCUT2D eigenvalue weighted by atomic mass is 16.3. The van der Waals surface area contributed by atoms with E-state index < -0.39 is 0 Å². The number of aromatic hydroxyl groups is 1. The molecule has 0 spiro atoms. The summed E-state index contributed by atoms with van der Waals surface area (Å²) in [6.45, 7) is 5.85. The van der Waals surface area contributed by atoms with Crippen molar-refractivity contribution in [2.75, 3.05) is 6.54 Å². The van der Waals surface area contributed by atoms with Gasteiger partial charge in [0.25, 0.3) is 0 Å². The van der Waals surface area contributed by atoms with Gasteiger partial charge in [0.1, 0.15) is 5.75 Å². The first-order chi connectivity index (χ1) is 10.1. The molecule has 1 N–H and O–H groups in total. The summed E-state index contributed by atoms with van der Waals surface area (Å²) >= 11 is 0. The van der Waals surface area contributed by atoms with E-state index in [1.807, 2.05) is 12.1 Å². The van der Waals surface area contributed by atoms with Crippen molar-refractivity contribution >= 4 is 5.78 Å². The smallest absolute Gasteiger partial charge is 0.159 e. The molecular weight excluding hydrogens is 264 g/mol. The van der Waals surface area contributed by atoms with Gasteiger partial charge in [-0.2, -0.15) is 0 Å². The Labute approximate surface area is 125 Å². The van der Waals surface area contributed by atoms with Gasteiger partial charge >= 0.3 is 0 Å². The molecule has 0 fully saturated rings. The molecule has 0 aliphatic carbocycles. The van der Waals surface area contributed by atoms with Crippen molar-refractivity contribution < 1.29 is 9.90 Å². The van der Waals surface area contributed by atoms with Crippen LogP contribution in [-0.2, 0) is 13.1 Å². The third kappa shape index (κ3) is 4.13. The lowest BCUT2D eigenvalue weighted by Crippen LogP contribution is -2.22. The van der Waals surface area contributed by atoms with Gasteiger partial charge in [-0.1, -0.05) is 6.92 Å². The van der Waals surface area contributed by atoms with E-state index in [1.165, 1.54) is 12.5 Å². The average molecular weight is 284 g/mol. The minimum atomic E-state index is 0.00781. The van der Waals surface area contributed by atoms with E-state index in [-0.39, 0.29) is 11.5 Å². The van der Waals surface area contributed by atoms with Crippen molar-refractivity contribution in [3.63, 3.8) is 0 Å². The van der Waals surface area contributed by atoms with Crippen molar-refractivity contribution in [2.24, 2.45) is 0 Å². The second-order valence-electron chi connectivity index (χ2n) is 5.06. The Kier molecular flexibility index (Phi) is 5.06. The van der Waals surface area contributed by atoms with E-state index in [0.29, 0.717) is 12.1 Å². The number of pyridine rings is 1. The molecule has 0 bridgehead atoms. The molecule has 0 amide bonds. The van der Waals surface area contributed by atoms with Crippen LogP contribution in [-0.4, -0.2) is 27.3 Å². The van der Waals surface area contributed by atoms with Gasteiger partial charge in [0.05, 0.1) is 0 Å². The minimum Gasteiger partial charge on any atom is -0.508 e. The predicted molar refractivity (Wildman–Crippen MR) is 82.1 cm³/mol. The Hall–Kier alpha value is -2.20. The number of nitrogens with zero attached hydrogens (tertiary/aromatic N) is 2. The van der Waals surface area contributed by atoms with Crippen LogP contribution in [0.4, 0.5) is 0 Å². The lowest BCUT2D eigenvalue weighted by atomic mass is 10.1. The van der Waals surface area contributed by atoms with Crippen molar-refractivity contribution in [3.05, 3.63) is 59.4 Å². The summed E-state index contributed by atoms with van der Waals surface area (Å²) in [5.74, 6) is 0.238. The lowest BCUT2D eigenvalue weighted by Gasteiger charge is -2.21. The number of ketones is 1. The number of phenols is 1. The first-order valence-corrected chi connectivity index (χ1v) is 7.04. The second kappa shape index (κ2) is 6.99. The van der Waals surface area contributed by atoms with Gasteiger partial charge in [-0.15, -0.1) is 0 Å². The SMILES string of the molecule is CCN(Cc1ccncc1)Cc1cc(C(C)=O)ccc1O. The van der Waals surface area contributed by atoms with Crippen LogP contribution in [0.25, 0.3) is 0 Å². The van der Waals surface area contributed by atoms with Crippen LogP contribution in [0.3, 0.4) is 0 Å². The summed E-state index contributed by atoms with van der Waals surface area (Å²) in [7, 11) is 0. The van der Waals surface area contributed by atoms with Crippen LogP contribution < -0.4 is 0 Å². The van der Waals surface area contributed by atoms with Crippen LogP contribution in [0.5, 0.6) is 5.75 Å². The second-order valence-corrected chi connectivity index (χ2v) is 5.06. The molecule has 0 saturated heterocycles. The van der Waals surface area contributed by atoms with Crippen molar-refractivity contribution in [2.45, 2.75) is 26.9 Å². The molecule has 4 nitrogen and oxygen atoms in total. The number of benzene rings is 1. The van der Waals surface area contributed by atoms with Crippen molar-refractivity contribution in [1.29, 1.82) is 0 Å². The molecular formula is C17H20N2O2. The van der Waals surface area contributed by atoms with Gasteiger partial charge in [-0.25, -0.2) is 0 Å². The maximum Gasteiger partial charge on any atom is 0.159 e. The Bertz CT molecular complexity index is 611. The molecule has 2 rings (SSSR count). The highest BCUT2D eigenvalue weighted by Gasteiger charge is 2.10. The van der Waals surface area contributed by atoms with Crippen LogP contribution >= 0.6 is 0 Å². The molecule has 0 atom stereocenters. The predicted octanol–water partition coefficient (Wildman–Crippen LogP) is 3.01. The number of hydrogen-bond donors (Lipinski definition) is 1. The van der Waals surface area contributed by atoms with Gasteiger partial charge in [0.2, 0.25) is 0 Å². The Morgan fingerprint density at radius 3 is 2.52 bits per heavy atom. The molecule has 0 radical (unpaired) electrons. The third-order valence-corrected chi connectivity index (χ3v) is 3.48. The Morgan fingerprint density at radius 2 is 1.90 bits per heavy atom. The minimum absolute atomic E-state index is 0.00781. The summed E-state index contributed by atoms with van der Waals surface area (Å²) in [6, 6.07) is 8.97. The fourth-order valence-electron chi connectivity index (χ4n) is 2.20. The molecule has 2 aromatic rings. The molecule has 110 valence electrons. The molecule has 0 aliphatic rings. The van der Waals surface area contributed by atoms with Crippen LogP contribution in [0.2, 0.25) is 0 Å². The van der Waals surface area contributed by atoms with Crippen LogP contribution in [0, 0.1) is 0 Å². The normalized spacial score (nSPS) is 10.8. The molecule has 1 aromatic heterocycles. The summed E-state index contributed by atoms with van der Waals surface area (Å²) in [5.41, 5.74) is 2.58. The van der Waals surface area contributed by atoms with E-state index in [2.05, 4.69) is 16.8 Å². The van der Waals surface area contributed by atoms with E-state index in [1.54, 1.807) is 30.6 Å². The number of phenolic OH excluding ortho intramolecular Hbond substituents is 1. The van der Waals surface area contributed by atoms with Crippen molar-refractivity contribution in [3.8, 4) is 5.75 Å². The summed E-state index contributed by atoms with van der Waals surface area (Å²) in [6.07, 6.45) is 3.55. The molecule has 4 heteroatoms. The zero-order chi connectivity index (χ0) is 15.2. The summed E-state index contributed by atoms with van der Waals surface area (Å²) in [4.78, 5) is 17.7. The standard InChI is InChI=1S/C17H20N2O2/c1-3-19(11-14-6-8-18-9-7-14)12-16-10-15(13(2)20)4-5-17(16)21/h4-10,21H,3,11-12H2,1-2H3. The number of hydrogen-bond acceptors (Lipinski definition) is 4. The number of aromatic nitrogens is 1. The first kappa shape index (κ1) is 15.2. The summed E-state index contributed by atoms with van der Waals surface area (Å²) < 4.78 is 0. The number of Topliss-reactive ketones (excluding diaryl/α,β-unsaturated/α-hetero) is 1. The number of carbonyl (C=O) groups excluding carboxylic acids is 1. The van der Waals surface area contributed by atoms with E-state index >= 15 is 0 Å². The van der Waals surface area contributed by atoms with E-state index in [9.17, 15) is 9.90 Å². The summed E-state index contributed by atoms with van der Waals surface area (Å²) in [5, 5.41) is 9.98. The molecule has 1 aromatic carbocycles. The highest BCUT2D eigenvalue weighted by Crippen LogP contribution is 2.21. The first-order valence-electron chi connectivity index (χ1n) is 7.04. The zero-order valence-electron chi connectivity index (χ0n) is 12.4. The number of carbonyl (C=O) groups is 1. The molecule has 0 saturated carbocycles. The van der Waals surface area contributed by atoms with Gasteiger partial charge < -0.3 is 5.11 Å². The largest absolute Gasteiger partial charge is 0.508 e. The van der Waals surface area contributed by atoms with E-state index in [0.717, 1.165) is 18.7 Å². The number of rotatable bonds is 6. The topological polar surface area (TPSA) is 53.4 Å². The quantitative estimate of drug-likeness (QED) is 0.828. The maximum atomic E-state index is 11.5. The van der Waals surface area contributed by atoms with E-state index in [4.69, 9.17) is 0 Å². The average Bonchev–Trinajstić information content (AvgIpc) is 2.49. The Morgan fingerprint density at radius 1 is 1.19 bits per heavy atom. The molecule has 0 unspecified atom stereocenters. The maximum absolute atomic E-state index is 11.5. The van der Waals surface area contributed by atoms with Crippen LogP contribution in [0.1, 0.15) is 35.3 Å². The van der Waals surface area contributed by atoms with Crippen molar-refractivity contribution in [1.82, 2.24) is 9.88 Å². The zero-order valence-corrected chi connectivity index (χ0v) is 12.4. The third-order valence-electron chi connectivity index (χ3n) is 3.48. The van der Waals surface area contributed by atoms with Gasteiger partial charge in [-0.3, -0.25) is 14.7 Å². The molecule has 0 aliphatic heterocycles. The molecule has 21 heavy (non-hydrogen) atoms. The highest BCUT2D eigenvalue weighted by molar-refractivity contribution is 5.94. The fraction of sp³-hybridized carbons (Fsp3) is 0.294. The van der Waals surface area contributed by atoms with Gasteiger partial charge in [0, 0.05) is 36.6 Å². The fourth-order valence-corrected chi connectivity index (χ4v) is 2.20. The Balaban J connectivity index is 2.14. The molecule has 1 heterocycles. The monoisotopic (exact) mass is 284 g/mol. The van der Waals surface area contributed by atoms with Crippen LogP contribution in [0.15, 0.2) is 42.7 Å².